The lowest BCUT2D eigenvalue weighted by atomic mass is 10.1. The van der Waals surface area contributed by atoms with Gasteiger partial charge in [-0.2, -0.15) is 0 Å². The van der Waals surface area contributed by atoms with E-state index in [1.54, 1.807) is 16.7 Å². The van der Waals surface area contributed by atoms with E-state index in [4.69, 9.17) is 10.5 Å². The molecule has 98 valence electrons. The van der Waals surface area contributed by atoms with E-state index in [0.29, 0.717) is 39.3 Å². The van der Waals surface area contributed by atoms with Crippen LogP contribution in [0.15, 0.2) is 0 Å². The zero-order valence-electron chi connectivity index (χ0n) is 10.5. The minimum absolute atomic E-state index is 0.0657. The highest BCUT2D eigenvalue weighted by Crippen LogP contribution is 2.07. The number of ether oxygens (including phenoxy) is 1. The fourth-order valence-corrected chi connectivity index (χ4v) is 1.74. The van der Waals surface area contributed by atoms with Crippen molar-refractivity contribution in [1.29, 1.82) is 0 Å². The molecule has 1 rings (SSSR count). The van der Waals surface area contributed by atoms with Crippen molar-refractivity contribution in [1.82, 2.24) is 9.80 Å². The summed E-state index contributed by atoms with van der Waals surface area (Å²) in [5.41, 5.74) is 5.46. The zero-order valence-corrected chi connectivity index (χ0v) is 10.5. The van der Waals surface area contributed by atoms with Gasteiger partial charge in [0.05, 0.1) is 6.61 Å². The average Bonchev–Trinajstić information content (AvgIpc) is 2.37. The monoisotopic (exact) mass is 243 g/mol. The summed E-state index contributed by atoms with van der Waals surface area (Å²) in [7, 11) is 0. The maximum Gasteiger partial charge on any atom is 0.409 e. The van der Waals surface area contributed by atoms with Gasteiger partial charge in [0.15, 0.2) is 0 Å². The van der Waals surface area contributed by atoms with Gasteiger partial charge >= 0.3 is 6.09 Å². The third-order valence-corrected chi connectivity index (χ3v) is 2.89. The fraction of sp³-hybridized carbons (Fsp3) is 0.818. The lowest BCUT2D eigenvalue weighted by Crippen LogP contribution is -2.52. The molecule has 2 N–H and O–H groups in total. The Kier molecular flexibility index (Phi) is 5.21. The van der Waals surface area contributed by atoms with Crippen LogP contribution >= 0.6 is 0 Å². The summed E-state index contributed by atoms with van der Waals surface area (Å²) in [4.78, 5) is 26.7. The number of carbonyl (C=O) groups excluding carboxylic acids is 2. The molecule has 2 amide bonds. The van der Waals surface area contributed by atoms with Crippen molar-refractivity contribution < 1.29 is 14.3 Å². The second-order valence-electron chi connectivity index (χ2n) is 4.15. The van der Waals surface area contributed by atoms with Crippen molar-refractivity contribution >= 4 is 12.0 Å². The molecule has 0 spiro atoms. The van der Waals surface area contributed by atoms with E-state index in [1.165, 1.54) is 0 Å². The van der Waals surface area contributed by atoms with Crippen LogP contribution in [0.3, 0.4) is 0 Å². The van der Waals surface area contributed by atoms with Gasteiger partial charge in [0.2, 0.25) is 5.91 Å². The molecule has 0 aromatic carbocycles. The molecule has 6 nitrogen and oxygen atoms in total. The van der Waals surface area contributed by atoms with Crippen LogP contribution < -0.4 is 5.73 Å². The topological polar surface area (TPSA) is 75.9 Å². The number of amides is 2. The molecule has 0 aromatic rings. The molecule has 0 bridgehead atoms. The highest BCUT2D eigenvalue weighted by atomic mass is 16.6. The molecule has 1 unspecified atom stereocenters. The molecule has 0 radical (unpaired) electrons. The summed E-state index contributed by atoms with van der Waals surface area (Å²) >= 11 is 0. The van der Waals surface area contributed by atoms with Gasteiger partial charge < -0.3 is 20.3 Å². The van der Waals surface area contributed by atoms with Crippen molar-refractivity contribution in [3.8, 4) is 0 Å². The molecule has 1 fully saturated rings. The SMILES string of the molecule is CCOC(=O)N1CCN(C(=O)C(C)CN)CC1. The second kappa shape index (κ2) is 6.44. The Bertz CT molecular complexity index is 275. The Morgan fingerprint density at radius 3 is 2.24 bits per heavy atom. The summed E-state index contributed by atoms with van der Waals surface area (Å²) in [6, 6.07) is 0. The molecule has 0 aliphatic carbocycles. The van der Waals surface area contributed by atoms with Gasteiger partial charge in [0.1, 0.15) is 0 Å². The molecular formula is C11H21N3O3. The van der Waals surface area contributed by atoms with E-state index in [9.17, 15) is 9.59 Å². The summed E-state index contributed by atoms with van der Waals surface area (Å²) < 4.78 is 4.91. The predicted molar refractivity (Wildman–Crippen MR) is 63.4 cm³/mol. The number of hydrogen-bond acceptors (Lipinski definition) is 4. The van der Waals surface area contributed by atoms with Crippen LogP contribution in [0.4, 0.5) is 4.79 Å². The molecule has 1 heterocycles. The average molecular weight is 243 g/mol. The third kappa shape index (κ3) is 3.59. The molecule has 17 heavy (non-hydrogen) atoms. The first kappa shape index (κ1) is 13.8. The Hall–Kier alpha value is -1.30. The van der Waals surface area contributed by atoms with Gasteiger partial charge in [-0.1, -0.05) is 6.92 Å². The summed E-state index contributed by atoms with van der Waals surface area (Å²) in [5, 5.41) is 0. The van der Waals surface area contributed by atoms with Gasteiger partial charge in [-0.15, -0.1) is 0 Å². The number of carbonyl (C=O) groups is 2. The van der Waals surface area contributed by atoms with E-state index in [-0.39, 0.29) is 17.9 Å². The number of piperazine rings is 1. The number of hydrogen-bond donors (Lipinski definition) is 1. The van der Waals surface area contributed by atoms with E-state index in [2.05, 4.69) is 0 Å². The molecule has 1 atom stereocenters. The van der Waals surface area contributed by atoms with E-state index in [0.717, 1.165) is 0 Å². The lowest BCUT2D eigenvalue weighted by molar-refractivity contribution is -0.136. The van der Waals surface area contributed by atoms with Crippen LogP contribution in [0.25, 0.3) is 0 Å². The summed E-state index contributed by atoms with van der Waals surface area (Å²) in [5.74, 6) is -0.0832. The minimum atomic E-state index is -0.300. The Morgan fingerprint density at radius 2 is 1.76 bits per heavy atom. The van der Waals surface area contributed by atoms with E-state index in [1.807, 2.05) is 6.92 Å². The summed E-state index contributed by atoms with van der Waals surface area (Å²) in [6.07, 6.45) is -0.300. The Labute approximate surface area is 102 Å². The second-order valence-corrected chi connectivity index (χ2v) is 4.15. The number of nitrogens with two attached hydrogens (primary N) is 1. The highest BCUT2D eigenvalue weighted by molar-refractivity contribution is 5.79. The maximum atomic E-state index is 11.8. The normalized spacial score (nSPS) is 17.8. The number of nitrogens with zero attached hydrogens (tertiary/aromatic N) is 2. The van der Waals surface area contributed by atoms with Crippen LogP contribution in [-0.4, -0.2) is 61.1 Å². The quantitative estimate of drug-likeness (QED) is 0.750. The van der Waals surface area contributed by atoms with Crippen molar-refractivity contribution in [3.05, 3.63) is 0 Å². The molecule has 0 aromatic heterocycles. The van der Waals surface area contributed by atoms with Crippen molar-refractivity contribution in [2.45, 2.75) is 13.8 Å². The van der Waals surface area contributed by atoms with E-state index >= 15 is 0 Å². The zero-order chi connectivity index (χ0) is 12.8. The molecule has 0 saturated carbocycles. The molecule has 1 aliphatic rings. The van der Waals surface area contributed by atoms with Crippen molar-refractivity contribution in [2.75, 3.05) is 39.3 Å². The van der Waals surface area contributed by atoms with Gasteiger partial charge in [0.25, 0.3) is 0 Å². The largest absolute Gasteiger partial charge is 0.450 e. The van der Waals surface area contributed by atoms with Crippen LogP contribution in [0, 0.1) is 5.92 Å². The van der Waals surface area contributed by atoms with Gasteiger partial charge in [0, 0.05) is 38.6 Å². The van der Waals surface area contributed by atoms with Gasteiger partial charge in [-0.3, -0.25) is 4.79 Å². The van der Waals surface area contributed by atoms with Gasteiger partial charge in [-0.05, 0) is 6.92 Å². The lowest BCUT2D eigenvalue weighted by Gasteiger charge is -2.35. The standard InChI is InChI=1S/C11H21N3O3/c1-3-17-11(16)14-6-4-13(5-7-14)10(15)9(2)8-12/h9H,3-8,12H2,1-2H3. The molecule has 1 aliphatic heterocycles. The van der Waals surface area contributed by atoms with Crippen molar-refractivity contribution in [3.63, 3.8) is 0 Å². The number of rotatable bonds is 3. The smallest absolute Gasteiger partial charge is 0.409 e. The van der Waals surface area contributed by atoms with Crippen LogP contribution in [0.2, 0.25) is 0 Å². The minimum Gasteiger partial charge on any atom is -0.450 e. The molecule has 6 heteroatoms. The fourth-order valence-electron chi connectivity index (χ4n) is 1.74. The third-order valence-electron chi connectivity index (χ3n) is 2.89. The maximum absolute atomic E-state index is 11.8. The molecule has 1 saturated heterocycles. The predicted octanol–water partition coefficient (Wildman–Crippen LogP) is -0.118. The first-order valence-electron chi connectivity index (χ1n) is 6.00. The van der Waals surface area contributed by atoms with Crippen molar-refractivity contribution in [2.24, 2.45) is 11.7 Å². The van der Waals surface area contributed by atoms with Crippen LogP contribution in [0.5, 0.6) is 0 Å². The first-order chi connectivity index (χ1) is 8.10. The van der Waals surface area contributed by atoms with Crippen LogP contribution in [0.1, 0.15) is 13.8 Å². The Morgan fingerprint density at radius 1 is 1.24 bits per heavy atom. The van der Waals surface area contributed by atoms with Gasteiger partial charge in [-0.25, -0.2) is 4.79 Å². The Balaban J connectivity index is 2.40. The summed E-state index contributed by atoms with van der Waals surface area (Å²) in [6.45, 7) is 6.51. The highest BCUT2D eigenvalue weighted by Gasteiger charge is 2.26. The molecular weight excluding hydrogens is 222 g/mol. The van der Waals surface area contributed by atoms with Crippen LogP contribution in [-0.2, 0) is 9.53 Å². The first-order valence-corrected chi connectivity index (χ1v) is 6.00. The van der Waals surface area contributed by atoms with E-state index < -0.39 is 0 Å².